The van der Waals surface area contributed by atoms with Gasteiger partial charge in [0.1, 0.15) is 0 Å². The molecule has 0 aromatic carbocycles. The van der Waals surface area contributed by atoms with Crippen LogP contribution in [0.25, 0.3) is 0 Å². The lowest BCUT2D eigenvalue weighted by Crippen LogP contribution is -2.57. The summed E-state index contributed by atoms with van der Waals surface area (Å²) in [5, 5.41) is 0. The zero-order valence-electron chi connectivity index (χ0n) is 28.6. The van der Waals surface area contributed by atoms with Crippen molar-refractivity contribution in [3.8, 4) is 0 Å². The molecule has 258 valence electrons. The summed E-state index contributed by atoms with van der Waals surface area (Å²) in [4.78, 5) is 84.8. The van der Waals surface area contributed by atoms with Crippen LogP contribution in [0.1, 0.15) is 41.5 Å². The number of esters is 3. The Hall–Kier alpha value is -3.30. The Balaban J connectivity index is 3.86. The molecule has 45 heavy (non-hydrogen) atoms. The van der Waals surface area contributed by atoms with Crippen molar-refractivity contribution in [3.05, 3.63) is 0 Å². The van der Waals surface area contributed by atoms with Gasteiger partial charge >= 0.3 is 17.9 Å². The van der Waals surface area contributed by atoms with Crippen LogP contribution in [0.5, 0.6) is 0 Å². The normalized spacial score (nSPS) is 27.1. The molecule has 1 aliphatic rings. The largest absolute Gasteiger partial charge is 0.450 e. The van der Waals surface area contributed by atoms with Crippen molar-refractivity contribution in [3.63, 3.8) is 0 Å². The first-order valence-electron chi connectivity index (χ1n) is 14.8. The topological polar surface area (TPSA) is 168 Å². The summed E-state index contributed by atoms with van der Waals surface area (Å²) in [6.45, 7) is 8.98. The number of nitrogens with zero attached hydrogens (tertiary/aromatic N) is 3. The molecule has 0 spiro atoms. The van der Waals surface area contributed by atoms with Crippen molar-refractivity contribution in [2.24, 2.45) is 17.8 Å². The molecule has 0 bridgehead atoms. The summed E-state index contributed by atoms with van der Waals surface area (Å²) < 4.78 is 32.6. The number of amides is 3. The summed E-state index contributed by atoms with van der Waals surface area (Å²) in [5.74, 6) is -6.72. The average molecular weight is 652 g/mol. The van der Waals surface area contributed by atoms with Crippen LogP contribution in [0, 0.1) is 17.8 Å². The second-order valence-electron chi connectivity index (χ2n) is 12.1. The van der Waals surface area contributed by atoms with Crippen molar-refractivity contribution in [1.82, 2.24) is 14.7 Å². The number of cyclic esters (lactones) is 3. The van der Waals surface area contributed by atoms with E-state index in [4.69, 9.17) is 28.4 Å². The van der Waals surface area contributed by atoms with E-state index in [1.165, 1.54) is 42.5 Å². The van der Waals surface area contributed by atoms with Gasteiger partial charge in [-0.2, -0.15) is 0 Å². The third-order valence-electron chi connectivity index (χ3n) is 7.51. The van der Waals surface area contributed by atoms with Crippen LogP contribution >= 0.6 is 0 Å². The van der Waals surface area contributed by atoms with Crippen molar-refractivity contribution < 1.29 is 57.2 Å². The molecule has 15 nitrogen and oxygen atoms in total. The van der Waals surface area contributed by atoms with Crippen molar-refractivity contribution >= 4 is 35.6 Å². The summed E-state index contributed by atoms with van der Waals surface area (Å²) >= 11 is 0. The molecule has 0 aliphatic carbocycles. The number of methoxy groups -OCH3 is 3. The van der Waals surface area contributed by atoms with Crippen LogP contribution < -0.4 is 0 Å². The van der Waals surface area contributed by atoms with Gasteiger partial charge in [-0.05, 0) is 17.8 Å². The number of carbonyl (C=O) groups is 6. The van der Waals surface area contributed by atoms with Gasteiger partial charge in [-0.25, -0.2) is 14.4 Å². The van der Waals surface area contributed by atoms with Gasteiger partial charge in [-0.3, -0.25) is 14.4 Å². The summed E-state index contributed by atoms with van der Waals surface area (Å²) in [6.07, 6.45) is -4.13. The predicted molar refractivity (Wildman–Crippen MR) is 159 cm³/mol. The van der Waals surface area contributed by atoms with Crippen molar-refractivity contribution in [2.75, 3.05) is 62.3 Å². The standard InChI is InChI=1S/C30H51N3O12/c1-16(2)22-25(34)31(7)20(14-41-11)29(38)44-24(18(5)6)27(36)33(9)21(15-42-12)30(39)45-23(17(3)4)26(35)32(8)19(13-40-10)28(37)43-22/h16-24H,13-15H2,1-12H3/t19-,20-,21-,22-,23+,24+/m0/s1/i7+2,8+2,9+2. The highest BCUT2D eigenvalue weighted by Gasteiger charge is 2.43. The number of likely N-dealkylation sites (N-methyl/N-ethyl adjacent to an activating group) is 3. The molecular formula is C30H51N3O12. The second kappa shape index (κ2) is 18.0. The van der Waals surface area contributed by atoms with E-state index in [0.717, 1.165) is 14.7 Å². The van der Waals surface area contributed by atoms with E-state index < -0.39 is 89.8 Å². The first-order chi connectivity index (χ1) is 21.0. The minimum absolute atomic E-state index is 0.298. The second-order valence-corrected chi connectivity index (χ2v) is 12.1. The third kappa shape index (κ3) is 10.1. The average Bonchev–Trinajstić information content (AvgIpc) is 2.98. The monoisotopic (exact) mass is 651 g/mol. The van der Waals surface area contributed by atoms with E-state index in [2.05, 4.69) is 0 Å². The van der Waals surface area contributed by atoms with Gasteiger partial charge in [-0.15, -0.1) is 0 Å². The maximum absolute atomic E-state index is 13.7. The molecule has 0 saturated carbocycles. The van der Waals surface area contributed by atoms with E-state index in [1.54, 1.807) is 41.5 Å². The van der Waals surface area contributed by atoms with Crippen LogP contribution in [-0.4, -0.2) is 149 Å². The smallest absolute Gasteiger partial charge is 0.332 e. The Morgan fingerprint density at radius 1 is 0.511 bits per heavy atom. The van der Waals surface area contributed by atoms with Gasteiger partial charge in [0.05, 0.1) is 19.8 Å². The SMILES string of the molecule is COC[C@H]1C(=O)O[C@H](C(C)C)C(=O)N([14CH3])[C@@H](COC)C(=O)O[C@H](C(C)C)C(=O)N([14CH3])[C@@H](COC)C(=O)O[C@@H](C(C)C)C(=O)N1[14CH3]. The maximum atomic E-state index is 13.7. The molecule has 15 heteroatoms. The van der Waals surface area contributed by atoms with Gasteiger partial charge in [0.15, 0.2) is 36.4 Å². The van der Waals surface area contributed by atoms with Gasteiger partial charge in [0.2, 0.25) is 0 Å². The van der Waals surface area contributed by atoms with E-state index >= 15 is 0 Å². The minimum Gasteiger partial charge on any atom is -0.450 e. The Kier molecular flexibility index (Phi) is 15.9. The van der Waals surface area contributed by atoms with Crippen LogP contribution in [0.2, 0.25) is 0 Å². The minimum atomic E-state index is -1.38. The number of hydrogen-bond donors (Lipinski definition) is 0. The zero-order chi connectivity index (χ0) is 34.8. The number of carbonyl (C=O) groups excluding carboxylic acids is 6. The summed E-state index contributed by atoms with van der Waals surface area (Å²) in [6, 6.07) is -3.98. The number of ether oxygens (including phenoxy) is 6. The van der Waals surface area contributed by atoms with Crippen LogP contribution in [0.15, 0.2) is 0 Å². The molecule has 1 saturated heterocycles. The van der Waals surface area contributed by atoms with Crippen LogP contribution in [-0.2, 0) is 57.2 Å². The molecule has 6 atom stereocenters. The molecule has 1 fully saturated rings. The molecule has 0 N–H and O–H groups in total. The Bertz CT molecular complexity index is 921. The molecular weight excluding hydrogens is 600 g/mol. The lowest BCUT2D eigenvalue weighted by Gasteiger charge is -2.36. The molecule has 0 aromatic heterocycles. The van der Waals surface area contributed by atoms with Crippen molar-refractivity contribution in [2.45, 2.75) is 78.0 Å². The van der Waals surface area contributed by atoms with Crippen LogP contribution in [0.3, 0.4) is 0 Å². The zero-order valence-corrected chi connectivity index (χ0v) is 28.6. The first-order valence-corrected chi connectivity index (χ1v) is 14.8. The Labute approximate surface area is 265 Å². The van der Waals surface area contributed by atoms with Crippen LogP contribution in [0.4, 0.5) is 0 Å². The molecule has 3 amide bonds. The van der Waals surface area contributed by atoms with E-state index in [9.17, 15) is 28.8 Å². The van der Waals surface area contributed by atoms with Gasteiger partial charge in [-0.1, -0.05) is 41.5 Å². The fraction of sp³-hybridized carbons (Fsp3) is 0.800. The fourth-order valence-corrected chi connectivity index (χ4v) is 4.58. The third-order valence-corrected chi connectivity index (χ3v) is 7.51. The summed E-state index contributed by atoms with van der Waals surface area (Å²) in [7, 11) is 7.95. The number of rotatable bonds is 9. The number of hydrogen-bond acceptors (Lipinski definition) is 12. The molecule has 1 aliphatic heterocycles. The van der Waals surface area contributed by atoms with E-state index in [0.29, 0.717) is 0 Å². The highest BCUT2D eigenvalue weighted by Crippen LogP contribution is 2.21. The molecule has 0 aromatic rings. The van der Waals surface area contributed by atoms with Gasteiger partial charge in [0.25, 0.3) is 17.7 Å². The highest BCUT2D eigenvalue weighted by molar-refractivity contribution is 5.94. The maximum Gasteiger partial charge on any atom is 0.332 e. The van der Waals surface area contributed by atoms with E-state index in [-0.39, 0.29) is 19.8 Å². The first kappa shape index (κ1) is 39.7. The molecule has 1 rings (SSSR count). The lowest BCUT2D eigenvalue weighted by molar-refractivity contribution is -0.181. The predicted octanol–water partition coefficient (Wildman–Crippen LogP) is 0.124. The van der Waals surface area contributed by atoms with Gasteiger partial charge in [0, 0.05) is 42.5 Å². The Morgan fingerprint density at radius 2 is 0.711 bits per heavy atom. The molecule has 1 heterocycles. The van der Waals surface area contributed by atoms with Gasteiger partial charge < -0.3 is 43.1 Å². The summed E-state index contributed by atoms with van der Waals surface area (Å²) in [5.41, 5.74) is 0. The van der Waals surface area contributed by atoms with Crippen molar-refractivity contribution in [1.29, 1.82) is 0 Å². The molecule has 0 unspecified atom stereocenters. The fourth-order valence-electron chi connectivity index (χ4n) is 4.58. The molecule has 0 radical (unpaired) electrons. The lowest BCUT2D eigenvalue weighted by atomic mass is 10.0. The van der Waals surface area contributed by atoms with E-state index in [1.807, 2.05) is 0 Å². The highest BCUT2D eigenvalue weighted by atomic mass is 16.6. The quantitative estimate of drug-likeness (QED) is 0.244. The Morgan fingerprint density at radius 3 is 0.867 bits per heavy atom.